The summed E-state index contributed by atoms with van der Waals surface area (Å²) in [7, 11) is -9.89. The minimum atomic E-state index is -4.95. The fraction of sp³-hybridized carbons (Fsp3) is 0.944. The maximum Gasteiger partial charge on any atom is 0.472 e. The standard InChI is InChI=1S/C71H138O17P2/c1-7-10-12-14-15-16-24-32-37-43-49-55-70(75)87-66(59-81-68(73)53-47-39-13-11-8-2)61-85-89(77,78)83-57-65(72)58-84-90(79,80)86-62-67(60-82-69(74)54-48-42-36-31-27-23-19-20-25-29-34-40-45-51-63(4)5)88-71(76)56-50-44-38-33-28-22-18-17-21-26-30-35-41-46-52-64(6)9-3/h63-67,72H,7-62H2,1-6H3,(H,77,78)(H,79,80)/t64?,65-,66+,67+/m0/s1. The molecule has 0 aliphatic heterocycles. The van der Waals surface area contributed by atoms with E-state index in [1.807, 2.05) is 0 Å². The molecule has 0 heterocycles. The molecule has 90 heavy (non-hydrogen) atoms. The van der Waals surface area contributed by atoms with E-state index in [-0.39, 0.29) is 25.7 Å². The van der Waals surface area contributed by atoms with Gasteiger partial charge in [-0.3, -0.25) is 37.3 Å². The zero-order chi connectivity index (χ0) is 66.5. The van der Waals surface area contributed by atoms with Gasteiger partial charge in [0.15, 0.2) is 12.2 Å². The first-order valence-corrected chi connectivity index (χ1v) is 40.0. The summed E-state index contributed by atoms with van der Waals surface area (Å²) in [5.74, 6) is -0.496. The zero-order valence-corrected chi connectivity index (χ0v) is 60.2. The Hall–Kier alpha value is -1.94. The molecule has 0 saturated carbocycles. The van der Waals surface area contributed by atoms with Crippen LogP contribution in [-0.2, 0) is 65.4 Å². The van der Waals surface area contributed by atoms with Crippen molar-refractivity contribution in [2.75, 3.05) is 39.6 Å². The van der Waals surface area contributed by atoms with Crippen molar-refractivity contribution in [2.45, 2.75) is 381 Å². The average Bonchev–Trinajstić information content (AvgIpc) is 3.69. The molecular formula is C71H138O17P2. The molecule has 0 aromatic carbocycles. The zero-order valence-electron chi connectivity index (χ0n) is 58.4. The highest BCUT2D eigenvalue weighted by molar-refractivity contribution is 7.47. The number of aliphatic hydroxyl groups is 1. The largest absolute Gasteiger partial charge is 0.472 e. The van der Waals surface area contributed by atoms with Gasteiger partial charge in [0, 0.05) is 25.7 Å². The number of phosphoric acid groups is 2. The summed E-state index contributed by atoms with van der Waals surface area (Å²) in [6.07, 6.45) is 48.8. The maximum atomic E-state index is 13.0. The van der Waals surface area contributed by atoms with Gasteiger partial charge in [0.1, 0.15) is 19.3 Å². The quantitative estimate of drug-likeness (QED) is 0.0222. The summed E-state index contributed by atoms with van der Waals surface area (Å²) in [6.45, 7) is 9.54. The van der Waals surface area contributed by atoms with Crippen molar-refractivity contribution in [3.63, 3.8) is 0 Å². The molecular weight excluding hydrogens is 1190 g/mol. The van der Waals surface area contributed by atoms with E-state index < -0.39 is 97.5 Å². The van der Waals surface area contributed by atoms with E-state index in [0.717, 1.165) is 108 Å². The van der Waals surface area contributed by atoms with E-state index in [1.54, 1.807) is 0 Å². The fourth-order valence-corrected chi connectivity index (χ4v) is 12.3. The highest BCUT2D eigenvalue weighted by Crippen LogP contribution is 2.45. The Bertz CT molecular complexity index is 1750. The molecule has 19 heteroatoms. The third-order valence-corrected chi connectivity index (χ3v) is 18.7. The Morgan fingerprint density at radius 3 is 0.844 bits per heavy atom. The third-order valence-electron chi connectivity index (χ3n) is 16.8. The van der Waals surface area contributed by atoms with Crippen LogP contribution in [0.4, 0.5) is 0 Å². The van der Waals surface area contributed by atoms with Gasteiger partial charge in [0.05, 0.1) is 26.4 Å². The number of carbonyl (C=O) groups is 4. The van der Waals surface area contributed by atoms with Crippen molar-refractivity contribution in [1.29, 1.82) is 0 Å². The Labute approximate surface area is 549 Å². The summed E-state index contributed by atoms with van der Waals surface area (Å²) < 4.78 is 68.1. The highest BCUT2D eigenvalue weighted by Gasteiger charge is 2.30. The van der Waals surface area contributed by atoms with Crippen molar-refractivity contribution < 1.29 is 80.2 Å². The van der Waals surface area contributed by atoms with Gasteiger partial charge >= 0.3 is 39.5 Å². The Kier molecular flexibility index (Phi) is 61.8. The van der Waals surface area contributed by atoms with Crippen LogP contribution in [0.25, 0.3) is 0 Å². The second kappa shape index (κ2) is 63.1. The van der Waals surface area contributed by atoms with E-state index in [1.165, 1.54) is 173 Å². The monoisotopic (exact) mass is 1320 g/mol. The van der Waals surface area contributed by atoms with Crippen LogP contribution in [-0.4, -0.2) is 96.7 Å². The molecule has 0 bridgehead atoms. The average molecular weight is 1330 g/mol. The second-order valence-corrected chi connectivity index (χ2v) is 29.3. The molecule has 534 valence electrons. The van der Waals surface area contributed by atoms with E-state index >= 15 is 0 Å². The number of phosphoric ester groups is 2. The summed E-state index contributed by atoms with van der Waals surface area (Å²) >= 11 is 0. The van der Waals surface area contributed by atoms with E-state index in [9.17, 15) is 43.2 Å². The molecule has 0 amide bonds. The summed E-state index contributed by atoms with van der Waals surface area (Å²) in [4.78, 5) is 72.3. The van der Waals surface area contributed by atoms with Gasteiger partial charge in [-0.1, -0.05) is 311 Å². The van der Waals surface area contributed by atoms with Gasteiger partial charge in [-0.2, -0.15) is 0 Å². The first kappa shape index (κ1) is 88.1. The summed E-state index contributed by atoms with van der Waals surface area (Å²) in [5.41, 5.74) is 0. The fourth-order valence-electron chi connectivity index (χ4n) is 10.7. The molecule has 3 N–H and O–H groups in total. The van der Waals surface area contributed by atoms with Crippen LogP contribution in [0.3, 0.4) is 0 Å². The van der Waals surface area contributed by atoms with Crippen molar-refractivity contribution in [3.8, 4) is 0 Å². The summed E-state index contributed by atoms with van der Waals surface area (Å²) in [5, 5.41) is 10.6. The van der Waals surface area contributed by atoms with Crippen molar-refractivity contribution in [1.82, 2.24) is 0 Å². The van der Waals surface area contributed by atoms with Gasteiger partial charge in [-0.25, -0.2) is 9.13 Å². The number of rotatable bonds is 70. The third kappa shape index (κ3) is 63.5. The molecule has 17 nitrogen and oxygen atoms in total. The van der Waals surface area contributed by atoms with E-state index in [2.05, 4.69) is 41.5 Å². The first-order chi connectivity index (χ1) is 43.4. The predicted molar refractivity (Wildman–Crippen MR) is 363 cm³/mol. The molecule has 0 aromatic heterocycles. The van der Waals surface area contributed by atoms with Crippen LogP contribution in [0.15, 0.2) is 0 Å². The molecule has 0 aromatic rings. The Morgan fingerprint density at radius 1 is 0.322 bits per heavy atom. The van der Waals surface area contributed by atoms with Gasteiger partial charge in [0.2, 0.25) is 0 Å². The molecule has 0 fully saturated rings. The lowest BCUT2D eigenvalue weighted by Crippen LogP contribution is -2.30. The molecule has 3 unspecified atom stereocenters. The highest BCUT2D eigenvalue weighted by atomic mass is 31.2. The van der Waals surface area contributed by atoms with Gasteiger partial charge in [-0.15, -0.1) is 0 Å². The van der Waals surface area contributed by atoms with Crippen LogP contribution in [0.1, 0.15) is 363 Å². The minimum Gasteiger partial charge on any atom is -0.462 e. The molecule has 0 radical (unpaired) electrons. The smallest absolute Gasteiger partial charge is 0.462 e. The molecule has 6 atom stereocenters. The molecule has 0 aliphatic carbocycles. The van der Waals surface area contributed by atoms with Crippen LogP contribution in [0.2, 0.25) is 0 Å². The van der Waals surface area contributed by atoms with Crippen molar-refractivity contribution >= 4 is 39.5 Å². The van der Waals surface area contributed by atoms with E-state index in [0.29, 0.717) is 25.7 Å². The minimum absolute atomic E-state index is 0.106. The predicted octanol–water partition coefficient (Wildman–Crippen LogP) is 20.4. The topological polar surface area (TPSA) is 237 Å². The van der Waals surface area contributed by atoms with Crippen LogP contribution in [0.5, 0.6) is 0 Å². The van der Waals surface area contributed by atoms with Gasteiger partial charge < -0.3 is 33.8 Å². The maximum absolute atomic E-state index is 13.0. The van der Waals surface area contributed by atoms with Gasteiger partial charge in [0.25, 0.3) is 0 Å². The van der Waals surface area contributed by atoms with E-state index in [4.69, 9.17) is 37.0 Å². The Morgan fingerprint density at radius 2 is 0.567 bits per heavy atom. The number of esters is 4. The molecule has 0 rings (SSSR count). The van der Waals surface area contributed by atoms with Crippen molar-refractivity contribution in [2.24, 2.45) is 11.8 Å². The molecule has 0 aliphatic rings. The van der Waals surface area contributed by atoms with Gasteiger partial charge in [-0.05, 0) is 37.5 Å². The normalized spacial score (nSPS) is 14.4. The lowest BCUT2D eigenvalue weighted by molar-refractivity contribution is -0.161. The SMILES string of the molecule is CCCCCCCCCCCCCC(=O)O[C@H](COC(=O)CCCCCCC)COP(=O)(O)OC[C@H](O)COP(=O)(O)OC[C@@H](COC(=O)CCCCCCCCCCCCCCCC(C)C)OC(=O)CCCCCCCCCCCCCCCCC(C)CC. The number of unbranched alkanes of at least 4 members (excludes halogenated alkanes) is 39. The van der Waals surface area contributed by atoms with Crippen LogP contribution >= 0.6 is 15.6 Å². The first-order valence-electron chi connectivity index (χ1n) is 37.0. The number of aliphatic hydroxyl groups excluding tert-OH is 1. The number of carbonyl (C=O) groups excluding carboxylic acids is 4. The number of ether oxygens (including phenoxy) is 4. The number of hydrogen-bond donors (Lipinski definition) is 3. The summed E-state index contributed by atoms with van der Waals surface area (Å²) in [6, 6.07) is 0. The second-order valence-electron chi connectivity index (χ2n) is 26.3. The lowest BCUT2D eigenvalue weighted by atomic mass is 9.99. The van der Waals surface area contributed by atoms with Crippen molar-refractivity contribution in [3.05, 3.63) is 0 Å². The van der Waals surface area contributed by atoms with Crippen LogP contribution in [0, 0.1) is 11.8 Å². The number of hydrogen-bond acceptors (Lipinski definition) is 15. The molecule has 0 spiro atoms. The lowest BCUT2D eigenvalue weighted by Gasteiger charge is -2.21. The Balaban J connectivity index is 5.16. The van der Waals surface area contributed by atoms with Crippen LogP contribution < -0.4 is 0 Å². The molecule has 0 saturated heterocycles.